The second-order valence-corrected chi connectivity index (χ2v) is 9.77. The molecule has 4 rings (SSSR count). The summed E-state index contributed by atoms with van der Waals surface area (Å²) in [4.78, 5) is 15.1. The van der Waals surface area contributed by atoms with E-state index in [1.165, 1.54) is 12.1 Å². The van der Waals surface area contributed by atoms with E-state index in [1.54, 1.807) is 19.2 Å². The number of carbonyl (C=O) groups excluding carboxylic acids is 1. The van der Waals surface area contributed by atoms with Crippen LogP contribution in [-0.4, -0.2) is 54.9 Å². The monoisotopic (exact) mass is 505 g/mol. The Balaban J connectivity index is 1.33. The lowest BCUT2D eigenvalue weighted by atomic mass is 9.90. The van der Waals surface area contributed by atoms with Crippen LogP contribution in [0, 0.1) is 11.7 Å². The summed E-state index contributed by atoms with van der Waals surface area (Å²) in [7, 11) is 1.58. The minimum absolute atomic E-state index is 0.205. The number of nitrogens with zero attached hydrogens (tertiary/aromatic N) is 1. The van der Waals surface area contributed by atoms with Gasteiger partial charge in [0, 0.05) is 18.3 Å². The second-order valence-electron chi connectivity index (χ2n) is 9.77. The first kappa shape index (κ1) is 26.6. The number of methoxy groups -OCH3 is 1. The standard InChI is InChI=1S/C30H36FN3O3/c1-37-27-9-5-8-26(20-27)32-30(36)33-28(19-22-6-3-2-4-7-22)29(35)21-34-16-14-24(15-17-34)18-23-10-12-25(31)13-11-23/h2-13,20,24,28-29,35H,14-19,21H2,1H3,(H2,32,33,36)/t28-,29-/m1/s1. The molecule has 0 unspecified atom stereocenters. The summed E-state index contributed by atoms with van der Waals surface area (Å²) in [5.74, 6) is 0.996. The first-order chi connectivity index (χ1) is 18.0. The van der Waals surface area contributed by atoms with Gasteiger partial charge in [-0.3, -0.25) is 0 Å². The maximum absolute atomic E-state index is 13.2. The van der Waals surface area contributed by atoms with Crippen LogP contribution in [0.25, 0.3) is 0 Å². The minimum Gasteiger partial charge on any atom is -0.497 e. The highest BCUT2D eigenvalue weighted by molar-refractivity contribution is 5.89. The summed E-state index contributed by atoms with van der Waals surface area (Å²) >= 11 is 0. The highest BCUT2D eigenvalue weighted by Gasteiger charge is 2.27. The highest BCUT2D eigenvalue weighted by atomic mass is 19.1. The Hall–Kier alpha value is -3.42. The van der Waals surface area contributed by atoms with Crippen molar-refractivity contribution in [3.8, 4) is 5.75 Å². The maximum atomic E-state index is 13.2. The van der Waals surface area contributed by atoms with E-state index in [4.69, 9.17) is 4.74 Å². The van der Waals surface area contributed by atoms with Gasteiger partial charge in [0.15, 0.2) is 0 Å². The number of amides is 2. The smallest absolute Gasteiger partial charge is 0.319 e. The molecule has 0 aromatic heterocycles. The van der Waals surface area contributed by atoms with Gasteiger partial charge < -0.3 is 25.4 Å². The molecule has 0 bridgehead atoms. The fourth-order valence-corrected chi connectivity index (χ4v) is 4.91. The van der Waals surface area contributed by atoms with Crippen LogP contribution in [0.2, 0.25) is 0 Å². The predicted molar refractivity (Wildman–Crippen MR) is 144 cm³/mol. The largest absolute Gasteiger partial charge is 0.497 e. The van der Waals surface area contributed by atoms with E-state index >= 15 is 0 Å². The van der Waals surface area contributed by atoms with Crippen molar-refractivity contribution in [1.82, 2.24) is 10.2 Å². The number of anilines is 1. The molecule has 0 saturated carbocycles. The quantitative estimate of drug-likeness (QED) is 0.367. The van der Waals surface area contributed by atoms with Crippen molar-refractivity contribution < 1.29 is 19.0 Å². The zero-order valence-corrected chi connectivity index (χ0v) is 21.3. The van der Waals surface area contributed by atoms with Crippen molar-refractivity contribution in [2.24, 2.45) is 5.92 Å². The van der Waals surface area contributed by atoms with Gasteiger partial charge in [-0.05, 0) is 80.1 Å². The molecule has 37 heavy (non-hydrogen) atoms. The van der Waals surface area contributed by atoms with Gasteiger partial charge in [0.1, 0.15) is 11.6 Å². The first-order valence-electron chi connectivity index (χ1n) is 12.9. The van der Waals surface area contributed by atoms with E-state index in [1.807, 2.05) is 54.6 Å². The lowest BCUT2D eigenvalue weighted by Crippen LogP contribution is -2.51. The molecular formula is C30H36FN3O3. The van der Waals surface area contributed by atoms with Crippen molar-refractivity contribution in [3.63, 3.8) is 0 Å². The van der Waals surface area contributed by atoms with Crippen molar-refractivity contribution in [2.45, 2.75) is 37.8 Å². The van der Waals surface area contributed by atoms with E-state index < -0.39 is 12.1 Å². The average molecular weight is 506 g/mol. The number of hydrogen-bond donors (Lipinski definition) is 3. The van der Waals surface area contributed by atoms with Gasteiger partial charge in [0.25, 0.3) is 0 Å². The van der Waals surface area contributed by atoms with Gasteiger partial charge in [0.2, 0.25) is 0 Å². The summed E-state index contributed by atoms with van der Waals surface area (Å²) in [6.07, 6.45) is 2.78. The lowest BCUT2D eigenvalue weighted by Gasteiger charge is -2.35. The number of piperidine rings is 1. The SMILES string of the molecule is COc1cccc(NC(=O)N[C@H](Cc2ccccc2)[C@H](O)CN2CCC(Cc3ccc(F)cc3)CC2)c1. The van der Waals surface area contributed by atoms with Crippen LogP contribution in [-0.2, 0) is 12.8 Å². The Bertz CT molecular complexity index is 1120. The van der Waals surface area contributed by atoms with Gasteiger partial charge >= 0.3 is 6.03 Å². The fourth-order valence-electron chi connectivity index (χ4n) is 4.91. The normalized spacial score (nSPS) is 16.1. The van der Waals surface area contributed by atoms with Crippen LogP contribution in [0.1, 0.15) is 24.0 Å². The molecule has 1 heterocycles. The second kappa shape index (κ2) is 13.2. The molecule has 1 fully saturated rings. The van der Waals surface area contributed by atoms with E-state index in [9.17, 15) is 14.3 Å². The molecule has 0 aliphatic carbocycles. The summed E-state index contributed by atoms with van der Waals surface area (Å²) < 4.78 is 18.4. The number of halogens is 1. The van der Waals surface area contributed by atoms with Gasteiger partial charge in [-0.15, -0.1) is 0 Å². The molecule has 0 spiro atoms. The number of nitrogens with one attached hydrogen (secondary N) is 2. The van der Waals surface area contributed by atoms with E-state index in [2.05, 4.69) is 15.5 Å². The number of hydrogen-bond acceptors (Lipinski definition) is 4. The summed E-state index contributed by atoms with van der Waals surface area (Å²) in [5, 5.41) is 17.0. The van der Waals surface area contributed by atoms with Crippen LogP contribution in [0.5, 0.6) is 5.75 Å². The molecule has 2 atom stereocenters. The number of aliphatic hydroxyl groups excluding tert-OH is 1. The zero-order valence-electron chi connectivity index (χ0n) is 21.3. The number of urea groups is 1. The zero-order chi connectivity index (χ0) is 26.0. The molecule has 3 N–H and O–H groups in total. The van der Waals surface area contributed by atoms with Crippen LogP contribution in [0.3, 0.4) is 0 Å². The number of likely N-dealkylation sites (tertiary alicyclic amines) is 1. The summed E-state index contributed by atoms with van der Waals surface area (Å²) in [5.41, 5.74) is 2.83. The molecule has 0 radical (unpaired) electrons. The van der Waals surface area contributed by atoms with Crippen LogP contribution < -0.4 is 15.4 Å². The van der Waals surface area contributed by atoms with Crippen LogP contribution >= 0.6 is 0 Å². The topological polar surface area (TPSA) is 73.8 Å². The summed E-state index contributed by atoms with van der Waals surface area (Å²) in [6.45, 7) is 2.26. The molecule has 3 aromatic rings. The fraction of sp³-hybridized carbons (Fsp3) is 0.367. The molecule has 1 aliphatic heterocycles. The molecule has 3 aromatic carbocycles. The molecule has 6 nitrogen and oxygen atoms in total. The third-order valence-corrected chi connectivity index (χ3v) is 7.00. The number of carbonyl (C=O) groups is 1. The molecule has 1 saturated heterocycles. The third-order valence-electron chi connectivity index (χ3n) is 7.00. The van der Waals surface area contributed by atoms with E-state index in [-0.39, 0.29) is 11.8 Å². The highest BCUT2D eigenvalue weighted by Crippen LogP contribution is 2.23. The Morgan fingerprint density at radius 2 is 1.76 bits per heavy atom. The Morgan fingerprint density at radius 3 is 2.46 bits per heavy atom. The number of β-amino-alcohol motifs (C(OH)–C–C–N with tert-alkyl or cyclic N) is 1. The predicted octanol–water partition coefficient (Wildman–Crippen LogP) is 4.88. The number of ether oxygens (including phenoxy) is 1. The van der Waals surface area contributed by atoms with E-state index in [0.717, 1.165) is 43.5 Å². The third kappa shape index (κ3) is 8.30. The Labute approximate surface area is 218 Å². The lowest BCUT2D eigenvalue weighted by molar-refractivity contribution is 0.0659. The van der Waals surface area contributed by atoms with Crippen LogP contribution in [0.15, 0.2) is 78.9 Å². The number of aliphatic hydroxyl groups is 1. The van der Waals surface area contributed by atoms with Gasteiger partial charge in [-0.25, -0.2) is 9.18 Å². The molecule has 196 valence electrons. The Morgan fingerprint density at radius 1 is 1.03 bits per heavy atom. The number of benzene rings is 3. The molecule has 1 aliphatic rings. The van der Waals surface area contributed by atoms with Gasteiger partial charge in [0.05, 0.1) is 19.3 Å². The van der Waals surface area contributed by atoms with E-state index in [0.29, 0.717) is 30.3 Å². The van der Waals surface area contributed by atoms with Crippen LogP contribution in [0.4, 0.5) is 14.9 Å². The van der Waals surface area contributed by atoms with Gasteiger partial charge in [-0.2, -0.15) is 0 Å². The number of rotatable bonds is 10. The molecule has 2 amide bonds. The average Bonchev–Trinajstić information content (AvgIpc) is 2.91. The van der Waals surface area contributed by atoms with Gasteiger partial charge in [-0.1, -0.05) is 48.5 Å². The summed E-state index contributed by atoms with van der Waals surface area (Å²) in [6, 6.07) is 23.0. The van der Waals surface area contributed by atoms with Crippen molar-refractivity contribution >= 4 is 11.7 Å². The minimum atomic E-state index is -0.732. The Kier molecular flexibility index (Phi) is 9.52. The first-order valence-corrected chi connectivity index (χ1v) is 12.9. The van der Waals surface area contributed by atoms with Crippen molar-refractivity contribution in [3.05, 3.63) is 95.8 Å². The maximum Gasteiger partial charge on any atom is 0.319 e. The van der Waals surface area contributed by atoms with Crippen molar-refractivity contribution in [1.29, 1.82) is 0 Å². The van der Waals surface area contributed by atoms with Crippen molar-refractivity contribution in [2.75, 3.05) is 32.1 Å². The molecular weight excluding hydrogens is 469 g/mol. The molecule has 7 heteroatoms.